The lowest BCUT2D eigenvalue weighted by molar-refractivity contribution is -0.0162. The maximum absolute atomic E-state index is 11.5. The first-order valence-corrected chi connectivity index (χ1v) is 6.67. The molecule has 0 aliphatic heterocycles. The van der Waals surface area contributed by atoms with Crippen LogP contribution in [0.4, 0.5) is 5.69 Å². The van der Waals surface area contributed by atoms with E-state index in [0.29, 0.717) is 36.8 Å². The molecule has 1 aromatic rings. The molecular formula is C15H23NO4. The van der Waals surface area contributed by atoms with Crippen LogP contribution in [0.15, 0.2) is 18.2 Å². The molecule has 0 saturated carbocycles. The zero-order chi connectivity index (χ0) is 15.2. The fourth-order valence-corrected chi connectivity index (χ4v) is 1.52. The fourth-order valence-electron chi connectivity index (χ4n) is 1.52. The van der Waals surface area contributed by atoms with Crippen molar-refractivity contribution in [3.63, 3.8) is 0 Å². The van der Waals surface area contributed by atoms with Crippen LogP contribution < -0.4 is 10.5 Å². The number of nitrogens with two attached hydrogens (primary N) is 1. The third-order valence-corrected chi connectivity index (χ3v) is 2.40. The predicted molar refractivity (Wildman–Crippen MR) is 78.0 cm³/mol. The van der Waals surface area contributed by atoms with Crippen molar-refractivity contribution in [2.24, 2.45) is 0 Å². The molecule has 5 nitrogen and oxygen atoms in total. The zero-order valence-corrected chi connectivity index (χ0v) is 12.6. The normalized spacial score (nSPS) is 11.2. The zero-order valence-electron chi connectivity index (χ0n) is 12.6. The summed E-state index contributed by atoms with van der Waals surface area (Å²) in [7, 11) is 0. The molecule has 0 spiro atoms. The first-order chi connectivity index (χ1) is 9.33. The van der Waals surface area contributed by atoms with Gasteiger partial charge in [0.25, 0.3) is 0 Å². The average Bonchev–Trinajstić information content (AvgIpc) is 2.35. The molecule has 0 unspecified atom stereocenters. The van der Waals surface area contributed by atoms with E-state index in [1.807, 2.05) is 20.8 Å². The van der Waals surface area contributed by atoms with Gasteiger partial charge in [0.15, 0.2) is 0 Å². The summed E-state index contributed by atoms with van der Waals surface area (Å²) in [5.74, 6) is 0.150. The van der Waals surface area contributed by atoms with E-state index in [0.717, 1.165) is 0 Å². The van der Waals surface area contributed by atoms with Crippen molar-refractivity contribution < 1.29 is 19.0 Å². The van der Waals surface area contributed by atoms with Crippen LogP contribution in [0.5, 0.6) is 5.75 Å². The van der Waals surface area contributed by atoms with E-state index in [2.05, 4.69) is 0 Å². The number of nitrogen functional groups attached to an aromatic ring is 1. The predicted octanol–water partition coefficient (Wildman–Crippen LogP) is 2.64. The van der Waals surface area contributed by atoms with Gasteiger partial charge in [-0.15, -0.1) is 0 Å². The molecule has 112 valence electrons. The van der Waals surface area contributed by atoms with Gasteiger partial charge in [0.2, 0.25) is 0 Å². The Balaban J connectivity index is 2.54. The highest BCUT2D eigenvalue weighted by atomic mass is 16.5. The van der Waals surface area contributed by atoms with Crippen LogP contribution >= 0.6 is 0 Å². The summed E-state index contributed by atoms with van der Waals surface area (Å²) in [4.78, 5) is 11.5. The summed E-state index contributed by atoms with van der Waals surface area (Å²) in [6.45, 7) is 8.92. The lowest BCUT2D eigenvalue weighted by atomic mass is 10.2. The maximum Gasteiger partial charge on any atom is 0.338 e. The third-order valence-electron chi connectivity index (χ3n) is 2.40. The molecule has 0 atom stereocenters. The lowest BCUT2D eigenvalue weighted by Crippen LogP contribution is -2.22. The van der Waals surface area contributed by atoms with Crippen molar-refractivity contribution in [1.29, 1.82) is 0 Å². The summed E-state index contributed by atoms with van der Waals surface area (Å²) >= 11 is 0. The molecule has 2 N–H and O–H groups in total. The van der Waals surface area contributed by atoms with Crippen molar-refractivity contribution >= 4 is 11.7 Å². The Hall–Kier alpha value is -1.75. The van der Waals surface area contributed by atoms with Crippen molar-refractivity contribution in [2.45, 2.75) is 33.3 Å². The van der Waals surface area contributed by atoms with Crippen LogP contribution in [-0.2, 0) is 9.47 Å². The van der Waals surface area contributed by atoms with E-state index in [-0.39, 0.29) is 11.6 Å². The Bertz CT molecular complexity index is 452. The largest absolute Gasteiger partial charge is 0.489 e. The van der Waals surface area contributed by atoms with Crippen molar-refractivity contribution in [3.05, 3.63) is 23.8 Å². The topological polar surface area (TPSA) is 70.8 Å². The first kappa shape index (κ1) is 16.3. The minimum absolute atomic E-state index is 0.192. The molecular weight excluding hydrogens is 258 g/mol. The van der Waals surface area contributed by atoms with Crippen LogP contribution in [-0.4, -0.2) is 31.4 Å². The lowest BCUT2D eigenvalue weighted by Gasteiger charge is -2.19. The molecule has 0 aliphatic carbocycles. The van der Waals surface area contributed by atoms with Crippen LogP contribution in [0.3, 0.4) is 0 Å². The minimum atomic E-state index is -0.387. The number of hydrogen-bond acceptors (Lipinski definition) is 5. The Morgan fingerprint density at radius 1 is 1.25 bits per heavy atom. The molecule has 0 aliphatic rings. The van der Waals surface area contributed by atoms with Gasteiger partial charge in [-0.05, 0) is 45.9 Å². The Morgan fingerprint density at radius 3 is 2.50 bits per heavy atom. The summed E-state index contributed by atoms with van der Waals surface area (Å²) in [6, 6.07) is 4.85. The van der Waals surface area contributed by atoms with Crippen LogP contribution in [0.1, 0.15) is 38.1 Å². The second-order valence-electron chi connectivity index (χ2n) is 5.28. The quantitative estimate of drug-likeness (QED) is 0.493. The van der Waals surface area contributed by atoms with Crippen LogP contribution in [0.2, 0.25) is 0 Å². The van der Waals surface area contributed by atoms with Gasteiger partial charge in [0.05, 0.1) is 30.1 Å². The highest BCUT2D eigenvalue weighted by molar-refractivity contribution is 5.91. The highest BCUT2D eigenvalue weighted by Gasteiger charge is 2.11. The number of ether oxygens (including phenoxy) is 3. The van der Waals surface area contributed by atoms with Crippen molar-refractivity contribution in [1.82, 2.24) is 0 Å². The molecule has 0 heterocycles. The summed E-state index contributed by atoms with van der Waals surface area (Å²) in [6.07, 6.45) is 0. The SMILES string of the molecule is CCOC(=O)c1ccc(OCCOC(C)(C)C)c(N)c1. The molecule has 20 heavy (non-hydrogen) atoms. The van der Waals surface area contributed by atoms with E-state index in [4.69, 9.17) is 19.9 Å². The second kappa shape index (κ2) is 7.14. The summed E-state index contributed by atoms with van der Waals surface area (Å²) in [5.41, 5.74) is 6.49. The van der Waals surface area contributed by atoms with E-state index >= 15 is 0 Å². The number of esters is 1. The van der Waals surface area contributed by atoms with Gasteiger partial charge >= 0.3 is 5.97 Å². The fraction of sp³-hybridized carbons (Fsp3) is 0.533. The van der Waals surface area contributed by atoms with E-state index in [1.54, 1.807) is 25.1 Å². The van der Waals surface area contributed by atoms with Gasteiger partial charge < -0.3 is 19.9 Å². The van der Waals surface area contributed by atoms with Crippen LogP contribution in [0.25, 0.3) is 0 Å². The van der Waals surface area contributed by atoms with Gasteiger partial charge in [-0.3, -0.25) is 0 Å². The Labute approximate surface area is 120 Å². The Morgan fingerprint density at radius 2 is 1.95 bits per heavy atom. The molecule has 0 aromatic heterocycles. The summed E-state index contributed by atoms with van der Waals surface area (Å²) < 4.78 is 16.0. The number of carbonyl (C=O) groups is 1. The molecule has 5 heteroatoms. The molecule has 0 radical (unpaired) electrons. The van der Waals surface area contributed by atoms with E-state index in [9.17, 15) is 4.79 Å². The average molecular weight is 281 g/mol. The number of benzene rings is 1. The molecule has 0 bridgehead atoms. The Kier molecular flexibility index (Phi) is 5.82. The maximum atomic E-state index is 11.5. The van der Waals surface area contributed by atoms with Gasteiger partial charge in [-0.25, -0.2) is 4.79 Å². The number of hydrogen-bond donors (Lipinski definition) is 1. The van der Waals surface area contributed by atoms with E-state index < -0.39 is 0 Å². The molecule has 0 saturated heterocycles. The standard InChI is InChI=1S/C15H23NO4/c1-5-18-14(17)11-6-7-13(12(16)10-11)19-8-9-20-15(2,3)4/h6-7,10H,5,8-9,16H2,1-4H3. The summed E-state index contributed by atoms with van der Waals surface area (Å²) in [5, 5.41) is 0. The van der Waals surface area contributed by atoms with Crippen LogP contribution in [0, 0.1) is 0 Å². The highest BCUT2D eigenvalue weighted by Crippen LogP contribution is 2.23. The van der Waals surface area contributed by atoms with Gasteiger partial charge in [0, 0.05) is 0 Å². The van der Waals surface area contributed by atoms with Gasteiger partial charge in [0.1, 0.15) is 12.4 Å². The number of rotatable bonds is 6. The minimum Gasteiger partial charge on any atom is -0.489 e. The van der Waals surface area contributed by atoms with Gasteiger partial charge in [-0.1, -0.05) is 0 Å². The third kappa shape index (κ3) is 5.48. The van der Waals surface area contributed by atoms with Crippen molar-refractivity contribution in [2.75, 3.05) is 25.6 Å². The molecule has 0 fully saturated rings. The first-order valence-electron chi connectivity index (χ1n) is 6.67. The van der Waals surface area contributed by atoms with Gasteiger partial charge in [-0.2, -0.15) is 0 Å². The monoisotopic (exact) mass is 281 g/mol. The van der Waals surface area contributed by atoms with Crippen molar-refractivity contribution in [3.8, 4) is 5.75 Å². The smallest absolute Gasteiger partial charge is 0.338 e. The number of carbonyl (C=O) groups excluding carboxylic acids is 1. The number of anilines is 1. The van der Waals surface area contributed by atoms with E-state index in [1.165, 1.54) is 0 Å². The second-order valence-corrected chi connectivity index (χ2v) is 5.28. The molecule has 1 aromatic carbocycles. The molecule has 0 amide bonds. The molecule has 1 rings (SSSR count).